The molecule has 7 nitrogen and oxygen atoms in total. The van der Waals surface area contributed by atoms with E-state index in [4.69, 9.17) is 4.74 Å². The lowest BCUT2D eigenvalue weighted by Crippen LogP contribution is -2.23. The second kappa shape index (κ2) is 9.79. The number of fused-ring (bicyclic) bond motifs is 1. The van der Waals surface area contributed by atoms with Gasteiger partial charge in [-0.2, -0.15) is 4.99 Å². The van der Waals surface area contributed by atoms with Crippen molar-refractivity contribution in [2.24, 2.45) is 4.99 Å². The Morgan fingerprint density at radius 2 is 1.81 bits per heavy atom. The van der Waals surface area contributed by atoms with Crippen LogP contribution in [-0.4, -0.2) is 36.7 Å². The molecule has 0 bridgehead atoms. The summed E-state index contributed by atoms with van der Waals surface area (Å²) in [6.07, 6.45) is 0.0225. The fourth-order valence-corrected chi connectivity index (χ4v) is 5.35. The molecular formula is C23H26N2O5S2. The number of carbonyl (C=O) groups is 2. The van der Waals surface area contributed by atoms with Crippen LogP contribution in [0.15, 0.2) is 52.4 Å². The first-order valence-corrected chi connectivity index (χ1v) is 12.6. The van der Waals surface area contributed by atoms with Crippen LogP contribution in [0.2, 0.25) is 0 Å². The molecule has 1 heterocycles. The van der Waals surface area contributed by atoms with Gasteiger partial charge >= 0.3 is 5.97 Å². The molecule has 0 spiro atoms. The molecule has 1 aromatic heterocycles. The first kappa shape index (κ1) is 23.9. The summed E-state index contributed by atoms with van der Waals surface area (Å²) in [6, 6.07) is 12.1. The number of hydrogen-bond donors (Lipinski definition) is 0. The molecule has 1 amide bonds. The van der Waals surface area contributed by atoms with Gasteiger partial charge in [0.1, 0.15) is 6.54 Å². The van der Waals surface area contributed by atoms with Gasteiger partial charge in [0.15, 0.2) is 14.6 Å². The SMILES string of the molecule is CCOC(=O)Cn1c(=NC(=O)Cc2ccc(S(=O)(=O)C(C)C)cc2)sc2cc(C)ccc21. The van der Waals surface area contributed by atoms with Gasteiger partial charge in [-0.15, -0.1) is 0 Å². The predicted octanol–water partition coefficient (Wildman–Crippen LogP) is 3.43. The van der Waals surface area contributed by atoms with Crippen LogP contribution in [0, 0.1) is 6.92 Å². The highest BCUT2D eigenvalue weighted by Gasteiger charge is 2.19. The largest absolute Gasteiger partial charge is 0.465 e. The molecule has 0 unspecified atom stereocenters. The standard InChI is InChI=1S/C23H26N2O5S2/c1-5-30-22(27)14-25-19-11-6-16(4)12-20(19)31-23(25)24-21(26)13-17-7-9-18(10-8-17)32(28,29)15(2)3/h6-12,15H,5,13-14H2,1-4H3. The van der Waals surface area contributed by atoms with Gasteiger partial charge in [0.2, 0.25) is 0 Å². The molecule has 3 aromatic rings. The maximum Gasteiger partial charge on any atom is 0.326 e. The monoisotopic (exact) mass is 474 g/mol. The van der Waals surface area contributed by atoms with E-state index in [9.17, 15) is 18.0 Å². The van der Waals surface area contributed by atoms with Crippen molar-refractivity contribution >= 4 is 43.3 Å². The maximum absolute atomic E-state index is 12.7. The number of rotatable bonds is 7. The zero-order valence-electron chi connectivity index (χ0n) is 18.5. The highest BCUT2D eigenvalue weighted by atomic mass is 32.2. The van der Waals surface area contributed by atoms with Crippen molar-refractivity contribution in [3.05, 3.63) is 58.4 Å². The Balaban J connectivity index is 1.91. The predicted molar refractivity (Wildman–Crippen MR) is 124 cm³/mol. The average Bonchev–Trinajstić information content (AvgIpc) is 3.04. The van der Waals surface area contributed by atoms with E-state index in [1.54, 1.807) is 37.5 Å². The van der Waals surface area contributed by atoms with E-state index < -0.39 is 21.1 Å². The van der Waals surface area contributed by atoms with Gasteiger partial charge in [-0.3, -0.25) is 9.59 Å². The van der Waals surface area contributed by atoms with Crippen LogP contribution in [0.25, 0.3) is 10.2 Å². The molecule has 0 radical (unpaired) electrons. The van der Waals surface area contributed by atoms with Gasteiger partial charge in [0, 0.05) is 0 Å². The van der Waals surface area contributed by atoms with Crippen molar-refractivity contribution in [1.82, 2.24) is 4.57 Å². The summed E-state index contributed by atoms with van der Waals surface area (Å²) in [4.78, 5) is 29.7. The molecule has 2 aromatic carbocycles. The number of ether oxygens (including phenoxy) is 1. The van der Waals surface area contributed by atoms with E-state index in [0.717, 1.165) is 15.8 Å². The van der Waals surface area contributed by atoms with Crippen LogP contribution >= 0.6 is 11.3 Å². The number of hydrogen-bond acceptors (Lipinski definition) is 6. The second-order valence-corrected chi connectivity index (χ2v) is 11.2. The molecule has 0 N–H and O–H groups in total. The molecule has 170 valence electrons. The molecular weight excluding hydrogens is 448 g/mol. The summed E-state index contributed by atoms with van der Waals surface area (Å²) in [6.45, 7) is 7.21. The Labute approximate surface area is 191 Å². The lowest BCUT2D eigenvalue weighted by Gasteiger charge is -2.08. The Hall–Kier alpha value is -2.78. The number of sulfone groups is 1. The molecule has 0 saturated carbocycles. The number of amides is 1. The highest BCUT2D eigenvalue weighted by molar-refractivity contribution is 7.92. The summed E-state index contributed by atoms with van der Waals surface area (Å²) in [5, 5.41) is -0.517. The smallest absolute Gasteiger partial charge is 0.326 e. The summed E-state index contributed by atoms with van der Waals surface area (Å²) < 4.78 is 32.2. The Morgan fingerprint density at radius 3 is 2.44 bits per heavy atom. The average molecular weight is 475 g/mol. The molecule has 32 heavy (non-hydrogen) atoms. The zero-order chi connectivity index (χ0) is 23.5. The third-order valence-corrected chi connectivity index (χ3v) is 8.09. The topological polar surface area (TPSA) is 94.8 Å². The Morgan fingerprint density at radius 1 is 1.12 bits per heavy atom. The Bertz CT molecular complexity index is 1320. The molecule has 0 atom stereocenters. The summed E-state index contributed by atoms with van der Waals surface area (Å²) in [5.74, 6) is -0.783. The molecule has 0 saturated heterocycles. The second-order valence-electron chi connectivity index (χ2n) is 7.67. The van der Waals surface area contributed by atoms with E-state index in [0.29, 0.717) is 10.4 Å². The molecule has 0 aliphatic carbocycles. The molecule has 9 heteroatoms. The van der Waals surface area contributed by atoms with Crippen molar-refractivity contribution < 1.29 is 22.7 Å². The van der Waals surface area contributed by atoms with Gasteiger partial charge in [0.25, 0.3) is 5.91 Å². The molecule has 0 aliphatic rings. The highest BCUT2D eigenvalue weighted by Crippen LogP contribution is 2.20. The molecule has 0 aliphatic heterocycles. The summed E-state index contributed by atoms with van der Waals surface area (Å²) in [5.41, 5.74) is 2.54. The minimum Gasteiger partial charge on any atom is -0.465 e. The van der Waals surface area contributed by atoms with E-state index in [2.05, 4.69) is 4.99 Å². The summed E-state index contributed by atoms with van der Waals surface area (Å²) >= 11 is 1.33. The van der Waals surface area contributed by atoms with Gasteiger partial charge in [-0.1, -0.05) is 29.5 Å². The lowest BCUT2D eigenvalue weighted by molar-refractivity contribution is -0.143. The van der Waals surface area contributed by atoms with Crippen LogP contribution in [0.5, 0.6) is 0 Å². The zero-order valence-corrected chi connectivity index (χ0v) is 20.1. The maximum atomic E-state index is 12.7. The van der Waals surface area contributed by atoms with E-state index in [1.807, 2.05) is 25.1 Å². The number of carbonyl (C=O) groups excluding carboxylic acids is 2. The van der Waals surface area contributed by atoms with Crippen molar-refractivity contribution in [3.8, 4) is 0 Å². The van der Waals surface area contributed by atoms with Crippen LogP contribution in [-0.2, 0) is 37.1 Å². The van der Waals surface area contributed by atoms with Crippen molar-refractivity contribution in [1.29, 1.82) is 0 Å². The van der Waals surface area contributed by atoms with Crippen molar-refractivity contribution in [3.63, 3.8) is 0 Å². The number of aromatic nitrogens is 1. The fourth-order valence-electron chi connectivity index (χ4n) is 3.14. The quantitative estimate of drug-likeness (QED) is 0.489. The van der Waals surface area contributed by atoms with Gasteiger partial charge in [-0.25, -0.2) is 8.42 Å². The van der Waals surface area contributed by atoms with E-state index in [-0.39, 0.29) is 30.4 Å². The first-order valence-electron chi connectivity index (χ1n) is 10.3. The van der Waals surface area contributed by atoms with Gasteiger partial charge in [-0.05, 0) is 63.1 Å². The number of esters is 1. The van der Waals surface area contributed by atoms with Gasteiger partial charge in [0.05, 0.1) is 33.4 Å². The summed E-state index contributed by atoms with van der Waals surface area (Å²) in [7, 11) is -3.36. The van der Waals surface area contributed by atoms with Crippen molar-refractivity contribution in [2.75, 3.05) is 6.61 Å². The van der Waals surface area contributed by atoms with E-state index in [1.165, 1.54) is 23.5 Å². The van der Waals surface area contributed by atoms with Crippen LogP contribution in [0.3, 0.4) is 0 Å². The third-order valence-electron chi connectivity index (χ3n) is 4.88. The van der Waals surface area contributed by atoms with Gasteiger partial charge < -0.3 is 9.30 Å². The number of thiazole rings is 1. The molecule has 3 rings (SSSR count). The minimum absolute atomic E-state index is 0.0225. The minimum atomic E-state index is -3.36. The van der Waals surface area contributed by atoms with Crippen LogP contribution in [0.1, 0.15) is 31.9 Å². The van der Waals surface area contributed by atoms with Crippen molar-refractivity contribution in [2.45, 2.75) is 50.8 Å². The number of nitrogens with zero attached hydrogens (tertiary/aromatic N) is 2. The normalized spacial score (nSPS) is 12.5. The number of benzene rings is 2. The molecule has 0 fully saturated rings. The third kappa shape index (κ3) is 5.34. The lowest BCUT2D eigenvalue weighted by atomic mass is 10.1. The number of aryl methyl sites for hydroxylation is 1. The van der Waals surface area contributed by atoms with Crippen LogP contribution < -0.4 is 4.80 Å². The Kier molecular flexibility index (Phi) is 7.30. The first-order chi connectivity index (χ1) is 15.1. The van der Waals surface area contributed by atoms with Crippen LogP contribution in [0.4, 0.5) is 0 Å². The van der Waals surface area contributed by atoms with E-state index >= 15 is 0 Å². The fraction of sp³-hybridized carbons (Fsp3) is 0.348.